The van der Waals surface area contributed by atoms with Crippen molar-refractivity contribution in [2.24, 2.45) is 62.4 Å². The molecule has 0 amide bonds. The van der Waals surface area contributed by atoms with Crippen LogP contribution in [0.25, 0.3) is 0 Å². The summed E-state index contributed by atoms with van der Waals surface area (Å²) in [7, 11) is 0. The van der Waals surface area contributed by atoms with Gasteiger partial charge in [0.25, 0.3) is 0 Å². The van der Waals surface area contributed by atoms with Crippen molar-refractivity contribution in [3.05, 3.63) is 12.2 Å². The first kappa shape index (κ1) is 25.8. The molecule has 0 radical (unpaired) electrons. The zero-order valence-electron chi connectivity index (χ0n) is 23.8. The Balaban J connectivity index is 1.51. The van der Waals surface area contributed by atoms with Crippen molar-refractivity contribution in [1.82, 2.24) is 0 Å². The maximum absolute atomic E-state index is 11.9. The smallest absolute Gasteiger partial charge is 0.302 e. The molecule has 0 heterocycles. The second kappa shape index (κ2) is 8.08. The fourth-order valence-corrected chi connectivity index (χ4v) is 12.0. The summed E-state index contributed by atoms with van der Waals surface area (Å²) < 4.78 is 5.91. The van der Waals surface area contributed by atoms with Crippen LogP contribution in [0.5, 0.6) is 0 Å². The van der Waals surface area contributed by atoms with Gasteiger partial charge in [-0.1, -0.05) is 46.8 Å². The average Bonchev–Trinajstić information content (AvgIpc) is 3.16. The molecule has 3 heteroatoms. The van der Waals surface area contributed by atoms with E-state index < -0.39 is 0 Å². The average molecular weight is 484 g/mol. The molecule has 0 spiro atoms. The summed E-state index contributed by atoms with van der Waals surface area (Å²) in [5.74, 6) is 3.41. The van der Waals surface area contributed by atoms with Crippen LogP contribution >= 0.6 is 0 Å². The highest BCUT2D eigenvalue weighted by Crippen LogP contribution is 2.77. The van der Waals surface area contributed by atoms with Crippen molar-refractivity contribution in [1.29, 1.82) is 0 Å². The van der Waals surface area contributed by atoms with E-state index in [-0.39, 0.29) is 17.5 Å². The Bertz CT molecular complexity index is 894. The number of allylic oxidation sites excluding steroid dienone is 1. The van der Waals surface area contributed by atoms with Crippen LogP contribution in [-0.4, -0.2) is 18.6 Å². The van der Waals surface area contributed by atoms with Gasteiger partial charge < -0.3 is 10.5 Å². The molecule has 0 bridgehead atoms. The summed E-state index contributed by atoms with van der Waals surface area (Å²) in [5.41, 5.74) is 9.46. The first-order valence-corrected chi connectivity index (χ1v) is 14.8. The molecule has 5 saturated carbocycles. The van der Waals surface area contributed by atoms with Crippen LogP contribution < -0.4 is 5.73 Å². The molecular weight excluding hydrogens is 430 g/mol. The molecule has 5 fully saturated rings. The predicted octanol–water partition coefficient (Wildman–Crippen LogP) is 7.53. The van der Waals surface area contributed by atoms with Gasteiger partial charge >= 0.3 is 5.97 Å². The van der Waals surface area contributed by atoms with E-state index in [2.05, 4.69) is 48.1 Å². The van der Waals surface area contributed by atoms with E-state index in [4.69, 9.17) is 10.5 Å². The summed E-state index contributed by atoms with van der Waals surface area (Å²) in [5, 5.41) is 0. The molecule has 0 aromatic rings. The van der Waals surface area contributed by atoms with E-state index >= 15 is 0 Å². The van der Waals surface area contributed by atoms with Crippen LogP contribution in [0.4, 0.5) is 0 Å². The van der Waals surface area contributed by atoms with E-state index in [1.165, 1.54) is 63.4 Å². The van der Waals surface area contributed by atoms with Gasteiger partial charge in [-0.2, -0.15) is 0 Å². The van der Waals surface area contributed by atoms with Crippen molar-refractivity contribution in [3.63, 3.8) is 0 Å². The number of carbonyl (C=O) groups is 1. The van der Waals surface area contributed by atoms with E-state index in [1.54, 1.807) is 6.92 Å². The maximum atomic E-state index is 11.9. The third-order valence-corrected chi connectivity index (χ3v) is 13.9. The number of esters is 1. The van der Waals surface area contributed by atoms with Crippen LogP contribution in [0, 0.1) is 56.7 Å². The van der Waals surface area contributed by atoms with Crippen LogP contribution in [0.2, 0.25) is 0 Å². The predicted molar refractivity (Wildman–Crippen MR) is 144 cm³/mol. The molecule has 0 aromatic heterocycles. The second-order valence-electron chi connectivity index (χ2n) is 15.2. The number of hydrogen-bond donors (Lipinski definition) is 1. The zero-order valence-corrected chi connectivity index (χ0v) is 23.8. The molecule has 0 aromatic carbocycles. The normalized spacial score (nSPS) is 52.5. The SMILES string of the molecule is C=C(C)[C@@H]1CCC2(CN)CC[C@]3(C)C(CCC4[C@@]5(C)CC[C@H](OC(C)=O)C(C)(C)C5CC[C@]43C)C12. The highest BCUT2D eigenvalue weighted by Gasteiger charge is 2.70. The Morgan fingerprint density at radius 3 is 2.20 bits per heavy atom. The summed E-state index contributed by atoms with van der Waals surface area (Å²) >= 11 is 0. The van der Waals surface area contributed by atoms with Crippen LogP contribution in [-0.2, 0) is 9.53 Å². The monoisotopic (exact) mass is 483 g/mol. The van der Waals surface area contributed by atoms with Gasteiger partial charge in [-0.15, -0.1) is 0 Å². The van der Waals surface area contributed by atoms with Crippen molar-refractivity contribution in [3.8, 4) is 0 Å². The van der Waals surface area contributed by atoms with Crippen molar-refractivity contribution in [2.75, 3.05) is 6.54 Å². The number of rotatable bonds is 3. The quantitative estimate of drug-likeness (QED) is 0.333. The molecule has 5 aliphatic rings. The molecule has 2 N–H and O–H groups in total. The Morgan fingerprint density at radius 1 is 0.857 bits per heavy atom. The minimum atomic E-state index is -0.116. The molecule has 35 heavy (non-hydrogen) atoms. The van der Waals surface area contributed by atoms with Crippen LogP contribution in [0.15, 0.2) is 12.2 Å². The largest absolute Gasteiger partial charge is 0.462 e. The van der Waals surface area contributed by atoms with Gasteiger partial charge in [0, 0.05) is 12.3 Å². The summed E-state index contributed by atoms with van der Waals surface area (Å²) in [6.07, 6.45) is 12.9. The van der Waals surface area contributed by atoms with E-state index in [1.807, 2.05) is 0 Å². The molecule has 0 aliphatic heterocycles. The Labute approximate surface area is 215 Å². The van der Waals surface area contributed by atoms with Gasteiger partial charge in [0.05, 0.1) is 0 Å². The third kappa shape index (κ3) is 3.28. The minimum Gasteiger partial charge on any atom is -0.462 e. The molecule has 0 saturated heterocycles. The lowest BCUT2D eigenvalue weighted by atomic mass is 9.32. The van der Waals surface area contributed by atoms with E-state index in [9.17, 15) is 4.79 Å². The number of fused-ring (bicyclic) bond motifs is 7. The van der Waals surface area contributed by atoms with Crippen LogP contribution in [0.3, 0.4) is 0 Å². The summed E-state index contributed by atoms with van der Waals surface area (Å²) in [6.45, 7) is 22.0. The highest BCUT2D eigenvalue weighted by atomic mass is 16.5. The standard InChI is InChI=1S/C32H53NO2/c1-20(2)22-11-16-32(19-33)18-17-30(7)23(27(22)32)9-10-25-29(6)14-13-26(35-21(3)34)28(4,5)24(29)12-15-31(25,30)8/h22-27H,1,9-19,33H2,2-8H3/t22-,23?,24?,25?,26-,27?,29-,30+,31+,32?/m0/s1. The van der Waals surface area contributed by atoms with Gasteiger partial charge in [0.1, 0.15) is 6.10 Å². The topological polar surface area (TPSA) is 52.3 Å². The van der Waals surface area contributed by atoms with E-state index in [0.29, 0.717) is 33.5 Å². The first-order valence-electron chi connectivity index (χ1n) is 14.8. The minimum absolute atomic E-state index is 0.0372. The third-order valence-electron chi connectivity index (χ3n) is 13.9. The first-order chi connectivity index (χ1) is 16.3. The maximum Gasteiger partial charge on any atom is 0.302 e. The van der Waals surface area contributed by atoms with Crippen molar-refractivity contribution >= 4 is 5.97 Å². The highest BCUT2D eigenvalue weighted by molar-refractivity contribution is 5.66. The lowest BCUT2D eigenvalue weighted by Gasteiger charge is -2.73. The van der Waals surface area contributed by atoms with Crippen LogP contribution in [0.1, 0.15) is 113 Å². The van der Waals surface area contributed by atoms with Gasteiger partial charge in [-0.05, 0) is 129 Å². The summed E-state index contributed by atoms with van der Waals surface area (Å²) in [4.78, 5) is 11.9. The lowest BCUT2D eigenvalue weighted by Crippen LogP contribution is -2.67. The Hall–Kier alpha value is -0.830. The van der Waals surface area contributed by atoms with Gasteiger partial charge in [-0.25, -0.2) is 0 Å². The van der Waals surface area contributed by atoms with Gasteiger partial charge in [-0.3, -0.25) is 4.79 Å². The molecule has 5 rings (SSSR count). The number of hydrogen-bond acceptors (Lipinski definition) is 3. The summed E-state index contributed by atoms with van der Waals surface area (Å²) in [6, 6.07) is 0. The number of ether oxygens (including phenoxy) is 1. The van der Waals surface area contributed by atoms with Crippen molar-refractivity contribution < 1.29 is 9.53 Å². The van der Waals surface area contributed by atoms with Crippen molar-refractivity contribution in [2.45, 2.75) is 119 Å². The van der Waals surface area contributed by atoms with Gasteiger partial charge in [0.15, 0.2) is 0 Å². The lowest BCUT2D eigenvalue weighted by molar-refractivity contribution is -0.249. The molecular formula is C32H53NO2. The second-order valence-corrected chi connectivity index (χ2v) is 15.2. The Kier molecular flexibility index (Phi) is 5.96. The molecule has 5 unspecified atom stereocenters. The Morgan fingerprint density at radius 2 is 1.57 bits per heavy atom. The number of carbonyl (C=O) groups excluding carboxylic acids is 1. The molecule has 198 valence electrons. The zero-order chi connectivity index (χ0) is 25.6. The molecule has 3 nitrogen and oxygen atoms in total. The van der Waals surface area contributed by atoms with E-state index in [0.717, 1.165) is 30.7 Å². The fraction of sp³-hybridized carbons (Fsp3) is 0.906. The number of nitrogens with two attached hydrogens (primary N) is 1. The van der Waals surface area contributed by atoms with Gasteiger partial charge in [0.2, 0.25) is 0 Å². The molecule has 10 atom stereocenters. The molecule has 5 aliphatic carbocycles. The fourth-order valence-electron chi connectivity index (χ4n) is 12.0.